The van der Waals surface area contributed by atoms with E-state index in [1.165, 1.54) is 5.56 Å². The van der Waals surface area contributed by atoms with Gasteiger partial charge in [0.15, 0.2) is 0 Å². The van der Waals surface area contributed by atoms with Crippen LogP contribution in [0.25, 0.3) is 0 Å². The molecule has 1 nitrogen and oxygen atoms in total. The molecule has 1 rings (SSSR count). The monoisotopic (exact) mass is 190 g/mol. The molecule has 0 bridgehead atoms. The first-order chi connectivity index (χ1) is 6.59. The molecular weight excluding hydrogens is 172 g/mol. The van der Waals surface area contributed by atoms with Gasteiger partial charge in [-0.05, 0) is 36.1 Å². The molecule has 0 saturated heterocycles. The number of hydrogen-bond acceptors (Lipinski definition) is 1. The molecule has 76 valence electrons. The molecule has 0 amide bonds. The van der Waals surface area contributed by atoms with Crippen molar-refractivity contribution in [2.75, 3.05) is 6.61 Å². The minimum atomic E-state index is 0.545. The average molecular weight is 190 g/mol. The summed E-state index contributed by atoms with van der Waals surface area (Å²) in [5.41, 5.74) is 2.35. The largest absolute Gasteiger partial charge is 0.489 e. The van der Waals surface area contributed by atoms with Crippen LogP contribution in [-0.2, 0) is 0 Å². The molecule has 0 spiro atoms. The van der Waals surface area contributed by atoms with E-state index in [0.29, 0.717) is 12.5 Å². The van der Waals surface area contributed by atoms with E-state index in [4.69, 9.17) is 4.74 Å². The molecule has 0 aliphatic heterocycles. The molecule has 0 heterocycles. The third-order valence-corrected chi connectivity index (χ3v) is 2.01. The smallest absolute Gasteiger partial charge is 0.120 e. The lowest BCUT2D eigenvalue weighted by Crippen LogP contribution is -1.98. The summed E-state index contributed by atoms with van der Waals surface area (Å²) < 4.78 is 5.56. The van der Waals surface area contributed by atoms with Crippen LogP contribution in [0, 0.1) is 0 Å². The number of benzene rings is 1. The summed E-state index contributed by atoms with van der Waals surface area (Å²) in [5, 5.41) is 0. The van der Waals surface area contributed by atoms with Crippen molar-refractivity contribution >= 4 is 0 Å². The molecule has 0 atom stereocenters. The van der Waals surface area contributed by atoms with Gasteiger partial charge in [0.1, 0.15) is 12.4 Å². The van der Waals surface area contributed by atoms with Crippen molar-refractivity contribution in [3.05, 3.63) is 42.0 Å². The van der Waals surface area contributed by atoms with Crippen molar-refractivity contribution in [3.8, 4) is 5.75 Å². The molecule has 1 aromatic rings. The number of rotatable bonds is 4. The van der Waals surface area contributed by atoms with Crippen molar-refractivity contribution in [1.82, 2.24) is 0 Å². The van der Waals surface area contributed by atoms with Crippen molar-refractivity contribution < 1.29 is 4.74 Å². The summed E-state index contributed by atoms with van der Waals surface area (Å²) in [6.07, 6.45) is 0. The van der Waals surface area contributed by atoms with E-state index in [-0.39, 0.29) is 0 Å². The molecule has 1 aromatic carbocycles. The average Bonchev–Trinajstić information content (AvgIpc) is 2.15. The minimum absolute atomic E-state index is 0.545. The molecule has 0 aromatic heterocycles. The molecule has 0 radical (unpaired) electrons. The maximum atomic E-state index is 5.56. The fraction of sp³-hybridized carbons (Fsp3) is 0.385. The van der Waals surface area contributed by atoms with Crippen LogP contribution in [0.15, 0.2) is 36.4 Å². The van der Waals surface area contributed by atoms with Crippen molar-refractivity contribution in [2.45, 2.75) is 26.7 Å². The Labute approximate surface area is 86.4 Å². The van der Waals surface area contributed by atoms with Gasteiger partial charge in [0, 0.05) is 0 Å². The Morgan fingerprint density at radius 1 is 1.43 bits per heavy atom. The van der Waals surface area contributed by atoms with E-state index >= 15 is 0 Å². The number of ether oxygens (including phenoxy) is 1. The van der Waals surface area contributed by atoms with E-state index in [0.717, 1.165) is 11.3 Å². The normalized spacial score (nSPS) is 10.3. The van der Waals surface area contributed by atoms with Gasteiger partial charge in [0.05, 0.1) is 0 Å². The van der Waals surface area contributed by atoms with Crippen LogP contribution in [0.3, 0.4) is 0 Å². The van der Waals surface area contributed by atoms with Crippen LogP contribution in [-0.4, -0.2) is 6.61 Å². The highest BCUT2D eigenvalue weighted by atomic mass is 16.5. The number of hydrogen-bond donors (Lipinski definition) is 0. The van der Waals surface area contributed by atoms with E-state index < -0.39 is 0 Å². The highest BCUT2D eigenvalue weighted by molar-refractivity contribution is 5.30. The van der Waals surface area contributed by atoms with Crippen molar-refractivity contribution in [2.24, 2.45) is 0 Å². The zero-order chi connectivity index (χ0) is 10.6. The second-order valence-corrected chi connectivity index (χ2v) is 3.97. The lowest BCUT2D eigenvalue weighted by Gasteiger charge is -2.09. The minimum Gasteiger partial charge on any atom is -0.489 e. The Kier molecular flexibility index (Phi) is 3.75. The summed E-state index contributed by atoms with van der Waals surface area (Å²) >= 11 is 0. The highest BCUT2D eigenvalue weighted by Crippen LogP contribution is 2.20. The van der Waals surface area contributed by atoms with Crippen molar-refractivity contribution in [3.63, 3.8) is 0 Å². The van der Waals surface area contributed by atoms with Gasteiger partial charge in [-0.1, -0.05) is 32.6 Å². The predicted octanol–water partition coefficient (Wildman–Crippen LogP) is 3.76. The Balaban J connectivity index is 2.68. The van der Waals surface area contributed by atoms with Gasteiger partial charge in [-0.25, -0.2) is 0 Å². The van der Waals surface area contributed by atoms with Crippen LogP contribution in [0.5, 0.6) is 5.75 Å². The van der Waals surface area contributed by atoms with Gasteiger partial charge in [0.2, 0.25) is 0 Å². The van der Waals surface area contributed by atoms with Crippen LogP contribution in [0.2, 0.25) is 0 Å². The fourth-order valence-electron chi connectivity index (χ4n) is 1.17. The quantitative estimate of drug-likeness (QED) is 0.657. The van der Waals surface area contributed by atoms with E-state index in [2.05, 4.69) is 32.6 Å². The molecule has 1 heteroatoms. The molecule has 0 aliphatic rings. The summed E-state index contributed by atoms with van der Waals surface area (Å²) in [5.74, 6) is 1.47. The van der Waals surface area contributed by atoms with Crippen molar-refractivity contribution in [1.29, 1.82) is 0 Å². The Hall–Kier alpha value is -1.24. The summed E-state index contributed by atoms with van der Waals surface area (Å²) in [7, 11) is 0. The zero-order valence-electron chi connectivity index (χ0n) is 9.21. The van der Waals surface area contributed by atoms with Crippen LogP contribution < -0.4 is 4.74 Å². The van der Waals surface area contributed by atoms with Gasteiger partial charge >= 0.3 is 0 Å². The lowest BCUT2D eigenvalue weighted by molar-refractivity contribution is 0.352. The zero-order valence-corrected chi connectivity index (χ0v) is 9.21. The molecule has 0 N–H and O–H groups in total. The third-order valence-electron chi connectivity index (χ3n) is 2.01. The lowest BCUT2D eigenvalue weighted by atomic mass is 10.0. The highest BCUT2D eigenvalue weighted by Gasteiger charge is 2.00. The Morgan fingerprint density at radius 2 is 2.14 bits per heavy atom. The molecule has 0 fully saturated rings. The topological polar surface area (TPSA) is 9.23 Å². The van der Waals surface area contributed by atoms with Crippen LogP contribution in [0.1, 0.15) is 32.3 Å². The van der Waals surface area contributed by atoms with E-state index in [1.54, 1.807) is 0 Å². The maximum absolute atomic E-state index is 5.56. The first-order valence-corrected chi connectivity index (χ1v) is 4.96. The fourth-order valence-corrected chi connectivity index (χ4v) is 1.17. The summed E-state index contributed by atoms with van der Waals surface area (Å²) in [4.78, 5) is 0. The predicted molar refractivity (Wildman–Crippen MR) is 60.8 cm³/mol. The van der Waals surface area contributed by atoms with Gasteiger partial charge in [-0.2, -0.15) is 0 Å². The molecule has 0 saturated carbocycles. The standard InChI is InChI=1S/C13H18O/c1-10(2)9-14-13-7-5-6-12(8-13)11(3)4/h5-8,11H,1,9H2,2-4H3. The van der Waals surface area contributed by atoms with Crippen LogP contribution in [0.4, 0.5) is 0 Å². The van der Waals surface area contributed by atoms with Gasteiger partial charge < -0.3 is 4.74 Å². The van der Waals surface area contributed by atoms with Gasteiger partial charge in [-0.15, -0.1) is 0 Å². The summed E-state index contributed by atoms with van der Waals surface area (Å²) in [6, 6.07) is 8.23. The maximum Gasteiger partial charge on any atom is 0.120 e. The second-order valence-electron chi connectivity index (χ2n) is 3.97. The van der Waals surface area contributed by atoms with E-state index in [1.807, 2.05) is 19.1 Å². The Morgan fingerprint density at radius 3 is 2.71 bits per heavy atom. The Bertz CT molecular complexity index is 313. The first-order valence-electron chi connectivity index (χ1n) is 4.96. The van der Waals surface area contributed by atoms with Gasteiger partial charge in [0.25, 0.3) is 0 Å². The van der Waals surface area contributed by atoms with E-state index in [9.17, 15) is 0 Å². The van der Waals surface area contributed by atoms with Crippen LogP contribution >= 0.6 is 0 Å². The molecule has 0 unspecified atom stereocenters. The molecule has 0 aliphatic carbocycles. The van der Waals surface area contributed by atoms with Gasteiger partial charge in [-0.3, -0.25) is 0 Å². The first kappa shape index (κ1) is 10.8. The second kappa shape index (κ2) is 4.85. The summed E-state index contributed by atoms with van der Waals surface area (Å²) in [6.45, 7) is 10.7. The molecular formula is C13H18O. The third kappa shape index (κ3) is 3.25. The SMILES string of the molecule is C=C(C)COc1cccc(C(C)C)c1. The molecule has 14 heavy (non-hydrogen) atoms.